The summed E-state index contributed by atoms with van der Waals surface area (Å²) in [5, 5.41) is 18.6. The van der Waals surface area contributed by atoms with E-state index in [4.69, 9.17) is 5.11 Å². The number of aryl methyl sites for hydroxylation is 2. The Morgan fingerprint density at radius 1 is 1.33 bits per heavy atom. The van der Waals surface area contributed by atoms with E-state index in [1.54, 1.807) is 19.1 Å². The van der Waals surface area contributed by atoms with Crippen molar-refractivity contribution in [2.75, 3.05) is 11.9 Å². The molecule has 24 heavy (non-hydrogen) atoms. The molecule has 0 aliphatic rings. The number of carbonyl (C=O) groups excluding carboxylic acids is 1. The first-order chi connectivity index (χ1) is 11.3. The number of aliphatic hydroxyl groups excluding tert-OH is 1. The first-order valence-electron chi connectivity index (χ1n) is 7.83. The molecule has 7 heteroatoms. The van der Waals surface area contributed by atoms with Crippen molar-refractivity contribution in [2.24, 2.45) is 5.92 Å². The molecule has 1 aromatic heterocycles. The second-order valence-electron chi connectivity index (χ2n) is 6.05. The zero-order valence-electron chi connectivity index (χ0n) is 14.3. The number of benzene rings is 1. The molecule has 2 aromatic rings. The molecule has 0 radical (unpaired) electrons. The molecule has 2 unspecified atom stereocenters. The van der Waals surface area contributed by atoms with Gasteiger partial charge in [-0.15, -0.1) is 0 Å². The molecule has 2 rings (SSSR count). The van der Waals surface area contributed by atoms with E-state index in [-0.39, 0.29) is 18.6 Å². The summed E-state index contributed by atoms with van der Waals surface area (Å²) in [7, 11) is 0. The molecule has 2 atom stereocenters. The maximum Gasteiger partial charge on any atom is 0.319 e. The van der Waals surface area contributed by atoms with Gasteiger partial charge in [-0.3, -0.25) is 0 Å². The van der Waals surface area contributed by atoms with Gasteiger partial charge in [0.2, 0.25) is 0 Å². The van der Waals surface area contributed by atoms with Crippen LogP contribution in [0.25, 0.3) is 5.69 Å². The highest BCUT2D eigenvalue weighted by molar-refractivity contribution is 5.89. The normalized spacial score (nSPS) is 13.4. The van der Waals surface area contributed by atoms with Gasteiger partial charge >= 0.3 is 6.03 Å². The van der Waals surface area contributed by atoms with Gasteiger partial charge in [-0.1, -0.05) is 6.92 Å². The van der Waals surface area contributed by atoms with Crippen molar-refractivity contribution in [1.82, 2.24) is 15.1 Å². The number of aromatic nitrogens is 2. The molecule has 1 heterocycles. The molecular formula is C17H23FN4O2. The Morgan fingerprint density at radius 2 is 2.04 bits per heavy atom. The molecule has 6 nitrogen and oxygen atoms in total. The smallest absolute Gasteiger partial charge is 0.319 e. The van der Waals surface area contributed by atoms with E-state index < -0.39 is 11.8 Å². The van der Waals surface area contributed by atoms with Gasteiger partial charge in [-0.2, -0.15) is 5.10 Å². The summed E-state index contributed by atoms with van der Waals surface area (Å²) in [6.07, 6.45) is 0. The molecule has 3 N–H and O–H groups in total. The molecular weight excluding hydrogens is 311 g/mol. The Kier molecular flexibility index (Phi) is 5.56. The van der Waals surface area contributed by atoms with E-state index in [1.165, 1.54) is 10.7 Å². The van der Waals surface area contributed by atoms with Gasteiger partial charge in [0.25, 0.3) is 0 Å². The first kappa shape index (κ1) is 17.9. The third-order valence-electron chi connectivity index (χ3n) is 3.94. The highest BCUT2D eigenvalue weighted by atomic mass is 19.1. The number of nitrogens with one attached hydrogen (secondary N) is 2. The second kappa shape index (κ2) is 7.44. The molecule has 0 fully saturated rings. The molecule has 1 aromatic carbocycles. The first-order valence-corrected chi connectivity index (χ1v) is 7.83. The van der Waals surface area contributed by atoms with E-state index in [0.717, 1.165) is 11.4 Å². The number of urea groups is 1. The SMILES string of the molecule is Cc1cc(C)n(-c2ccc(NC(=O)NC(C)C(C)CO)cc2F)n1. The van der Waals surface area contributed by atoms with E-state index in [0.29, 0.717) is 11.4 Å². The maximum absolute atomic E-state index is 14.4. The predicted molar refractivity (Wildman–Crippen MR) is 90.9 cm³/mol. The third-order valence-corrected chi connectivity index (χ3v) is 3.94. The fourth-order valence-electron chi connectivity index (χ4n) is 2.30. The van der Waals surface area contributed by atoms with Crippen LogP contribution < -0.4 is 10.6 Å². The Hall–Kier alpha value is -2.41. The average molecular weight is 334 g/mol. The number of carbonyl (C=O) groups is 1. The molecule has 2 amide bonds. The number of hydrogen-bond acceptors (Lipinski definition) is 3. The van der Waals surface area contributed by atoms with E-state index in [2.05, 4.69) is 15.7 Å². The lowest BCUT2D eigenvalue weighted by atomic mass is 10.1. The number of halogens is 1. The monoisotopic (exact) mass is 334 g/mol. The minimum Gasteiger partial charge on any atom is -0.396 e. The largest absolute Gasteiger partial charge is 0.396 e. The van der Waals surface area contributed by atoms with Gasteiger partial charge < -0.3 is 15.7 Å². The molecule has 0 aliphatic heterocycles. The Labute approximate surface area is 140 Å². The average Bonchev–Trinajstić information content (AvgIpc) is 2.84. The number of amides is 2. The van der Waals surface area contributed by atoms with Gasteiger partial charge in [-0.05, 0) is 51.0 Å². The zero-order valence-corrected chi connectivity index (χ0v) is 14.3. The maximum atomic E-state index is 14.4. The number of hydrogen-bond donors (Lipinski definition) is 3. The molecule has 0 aliphatic carbocycles. The summed E-state index contributed by atoms with van der Waals surface area (Å²) in [6.45, 7) is 7.30. The molecule has 0 saturated carbocycles. The predicted octanol–water partition coefficient (Wildman–Crippen LogP) is 2.77. The van der Waals surface area contributed by atoms with Crippen LogP contribution in [0.4, 0.5) is 14.9 Å². The topological polar surface area (TPSA) is 79.2 Å². The quantitative estimate of drug-likeness (QED) is 0.787. The lowest BCUT2D eigenvalue weighted by Crippen LogP contribution is -2.40. The van der Waals surface area contributed by atoms with Gasteiger partial charge in [0.1, 0.15) is 5.69 Å². The second-order valence-corrected chi connectivity index (χ2v) is 6.05. The summed E-state index contributed by atoms with van der Waals surface area (Å²) in [5.41, 5.74) is 2.31. The van der Waals surface area contributed by atoms with Crippen LogP contribution in [0, 0.1) is 25.6 Å². The lowest BCUT2D eigenvalue weighted by Gasteiger charge is -2.19. The van der Waals surface area contributed by atoms with Crippen molar-refractivity contribution < 1.29 is 14.3 Å². The Morgan fingerprint density at radius 3 is 2.58 bits per heavy atom. The van der Waals surface area contributed by atoms with Gasteiger partial charge in [0.05, 0.1) is 5.69 Å². The van der Waals surface area contributed by atoms with Crippen molar-refractivity contribution in [3.63, 3.8) is 0 Å². The van der Waals surface area contributed by atoms with Crippen LogP contribution in [0.15, 0.2) is 24.3 Å². The van der Waals surface area contributed by atoms with Crippen LogP contribution in [-0.2, 0) is 0 Å². The van der Waals surface area contributed by atoms with E-state index >= 15 is 0 Å². The van der Waals surface area contributed by atoms with Crippen LogP contribution in [0.3, 0.4) is 0 Å². The van der Waals surface area contributed by atoms with E-state index in [1.807, 2.05) is 26.8 Å². The lowest BCUT2D eigenvalue weighted by molar-refractivity contribution is 0.204. The van der Waals surface area contributed by atoms with Gasteiger partial charge in [0.15, 0.2) is 5.82 Å². The van der Waals surface area contributed by atoms with Crippen molar-refractivity contribution in [2.45, 2.75) is 33.7 Å². The minimum absolute atomic E-state index is 0.0204. The fraction of sp³-hybridized carbons (Fsp3) is 0.412. The highest BCUT2D eigenvalue weighted by Gasteiger charge is 2.15. The number of anilines is 1. The summed E-state index contributed by atoms with van der Waals surface area (Å²) >= 11 is 0. The Balaban J connectivity index is 2.10. The molecule has 0 bridgehead atoms. The fourth-order valence-corrected chi connectivity index (χ4v) is 2.30. The summed E-state index contributed by atoms with van der Waals surface area (Å²) in [6, 6.07) is 5.67. The highest BCUT2D eigenvalue weighted by Crippen LogP contribution is 2.20. The summed E-state index contributed by atoms with van der Waals surface area (Å²) < 4.78 is 15.9. The van der Waals surface area contributed by atoms with E-state index in [9.17, 15) is 9.18 Å². The summed E-state index contributed by atoms with van der Waals surface area (Å²) in [5.74, 6) is -0.545. The minimum atomic E-state index is -0.476. The van der Waals surface area contributed by atoms with Gasteiger partial charge in [-0.25, -0.2) is 13.9 Å². The van der Waals surface area contributed by atoms with Crippen molar-refractivity contribution >= 4 is 11.7 Å². The summed E-state index contributed by atoms with van der Waals surface area (Å²) in [4.78, 5) is 11.9. The van der Waals surface area contributed by atoms with Crippen LogP contribution in [0.5, 0.6) is 0 Å². The van der Waals surface area contributed by atoms with Crippen molar-refractivity contribution in [3.8, 4) is 5.69 Å². The third kappa shape index (κ3) is 4.11. The zero-order chi connectivity index (χ0) is 17.9. The van der Waals surface area contributed by atoms with Crippen molar-refractivity contribution in [3.05, 3.63) is 41.5 Å². The van der Waals surface area contributed by atoms with Crippen LogP contribution in [-0.4, -0.2) is 33.6 Å². The van der Waals surface area contributed by atoms with Crippen LogP contribution in [0.1, 0.15) is 25.2 Å². The number of rotatable bonds is 5. The van der Waals surface area contributed by atoms with Crippen LogP contribution in [0.2, 0.25) is 0 Å². The Bertz CT molecular complexity index is 729. The molecule has 130 valence electrons. The molecule has 0 spiro atoms. The van der Waals surface area contributed by atoms with Gasteiger partial charge in [0, 0.05) is 24.0 Å². The van der Waals surface area contributed by atoms with Crippen LogP contribution >= 0.6 is 0 Å². The standard InChI is InChI=1S/C17H23FN4O2/c1-10(9-23)13(4)19-17(24)20-14-5-6-16(15(18)8-14)22-12(3)7-11(2)21-22/h5-8,10,13,23H,9H2,1-4H3,(H2,19,20,24). The van der Waals surface area contributed by atoms with Crippen molar-refractivity contribution in [1.29, 1.82) is 0 Å². The number of aliphatic hydroxyl groups is 1. The molecule has 0 saturated heterocycles. The number of nitrogens with zero attached hydrogens (tertiary/aromatic N) is 2.